The molecule has 0 bridgehead atoms. The molecule has 1 aromatic heterocycles. The van der Waals surface area contributed by atoms with Crippen molar-refractivity contribution in [1.29, 1.82) is 0 Å². The summed E-state index contributed by atoms with van der Waals surface area (Å²) >= 11 is 0. The Morgan fingerprint density at radius 1 is 1.27 bits per heavy atom. The molecule has 0 aliphatic heterocycles. The first-order valence-electron chi connectivity index (χ1n) is 8.09. The first kappa shape index (κ1) is 17.6. The molecule has 6 nitrogen and oxygen atoms in total. The monoisotopic (exact) mass is 356 g/mol. The Hall–Kier alpha value is -3.22. The van der Waals surface area contributed by atoms with Gasteiger partial charge in [0, 0.05) is 28.7 Å². The molecule has 1 heterocycles. The number of esters is 1. The van der Waals surface area contributed by atoms with Gasteiger partial charge in [0.05, 0.1) is 4.92 Å². The van der Waals surface area contributed by atoms with Crippen LogP contribution in [-0.4, -0.2) is 15.9 Å². The van der Waals surface area contributed by atoms with Crippen LogP contribution < -0.4 is 4.74 Å². The summed E-state index contributed by atoms with van der Waals surface area (Å²) in [6.07, 6.45) is 0.427. The van der Waals surface area contributed by atoms with Crippen LogP contribution in [0.2, 0.25) is 0 Å². The fourth-order valence-electron chi connectivity index (χ4n) is 2.73. The Bertz CT molecular complexity index is 984. The van der Waals surface area contributed by atoms with Crippen LogP contribution in [-0.2, 0) is 10.2 Å². The molecule has 3 rings (SSSR count). The van der Waals surface area contributed by atoms with Crippen LogP contribution in [0.15, 0.2) is 48.5 Å². The number of hydrogen-bond donors (Lipinski definition) is 1. The molecule has 0 amide bonds. The lowest BCUT2D eigenvalue weighted by atomic mass is 9.84. The highest BCUT2D eigenvalue weighted by atomic mass is 19.1. The lowest BCUT2D eigenvalue weighted by Gasteiger charge is -2.24. The van der Waals surface area contributed by atoms with Crippen molar-refractivity contribution in [2.45, 2.75) is 25.7 Å². The Morgan fingerprint density at radius 2 is 1.96 bits per heavy atom. The van der Waals surface area contributed by atoms with Crippen LogP contribution in [0.5, 0.6) is 5.75 Å². The van der Waals surface area contributed by atoms with Crippen molar-refractivity contribution in [2.24, 2.45) is 0 Å². The molecule has 26 heavy (non-hydrogen) atoms. The zero-order valence-electron chi connectivity index (χ0n) is 14.3. The highest BCUT2D eigenvalue weighted by Gasteiger charge is 2.37. The third-order valence-corrected chi connectivity index (χ3v) is 4.59. The summed E-state index contributed by atoms with van der Waals surface area (Å²) in [4.78, 5) is 25.9. The topological polar surface area (TPSA) is 85.2 Å². The van der Waals surface area contributed by atoms with E-state index in [0.29, 0.717) is 28.8 Å². The van der Waals surface area contributed by atoms with Crippen molar-refractivity contribution in [3.8, 4) is 5.75 Å². The van der Waals surface area contributed by atoms with E-state index in [1.54, 1.807) is 37.3 Å². The van der Waals surface area contributed by atoms with Gasteiger partial charge in [-0.3, -0.25) is 14.9 Å². The van der Waals surface area contributed by atoms with E-state index < -0.39 is 27.8 Å². The highest BCUT2D eigenvalue weighted by Crippen LogP contribution is 2.33. The molecule has 0 saturated carbocycles. The molecule has 3 aromatic rings. The predicted molar refractivity (Wildman–Crippen MR) is 94.6 cm³/mol. The van der Waals surface area contributed by atoms with E-state index in [4.69, 9.17) is 4.74 Å². The number of nitrogens with one attached hydrogen (secondary N) is 1. The number of benzene rings is 2. The smallest absolute Gasteiger partial charge is 0.323 e. The molecule has 0 aliphatic rings. The van der Waals surface area contributed by atoms with Crippen molar-refractivity contribution in [2.75, 3.05) is 0 Å². The predicted octanol–water partition coefficient (Wildman–Crippen LogP) is 4.49. The van der Waals surface area contributed by atoms with Gasteiger partial charge in [-0.05, 0) is 31.5 Å². The third-order valence-electron chi connectivity index (χ3n) is 4.59. The van der Waals surface area contributed by atoms with Crippen LogP contribution in [0.4, 0.5) is 10.1 Å². The van der Waals surface area contributed by atoms with E-state index in [1.165, 1.54) is 0 Å². The van der Waals surface area contributed by atoms with Gasteiger partial charge in [-0.1, -0.05) is 25.1 Å². The maximum Gasteiger partial charge on any atom is 0.323 e. The zero-order chi connectivity index (χ0) is 18.9. The second kappa shape index (κ2) is 6.59. The first-order valence-corrected chi connectivity index (χ1v) is 8.09. The number of fused-ring (bicyclic) bond motifs is 1. The molecular weight excluding hydrogens is 339 g/mol. The highest BCUT2D eigenvalue weighted by molar-refractivity contribution is 5.89. The van der Waals surface area contributed by atoms with Crippen LogP contribution in [0, 0.1) is 15.9 Å². The van der Waals surface area contributed by atoms with Gasteiger partial charge < -0.3 is 9.72 Å². The summed E-state index contributed by atoms with van der Waals surface area (Å²) < 4.78 is 19.3. The van der Waals surface area contributed by atoms with Gasteiger partial charge in [-0.25, -0.2) is 0 Å². The van der Waals surface area contributed by atoms with Crippen molar-refractivity contribution >= 4 is 22.6 Å². The number of para-hydroxylation sites is 1. The molecule has 2 aromatic carbocycles. The molecule has 134 valence electrons. The number of hydrogen-bond acceptors (Lipinski definition) is 4. The van der Waals surface area contributed by atoms with Crippen LogP contribution in [0.1, 0.15) is 26.0 Å². The Morgan fingerprint density at radius 3 is 2.58 bits per heavy atom. The maximum atomic E-state index is 13.9. The molecule has 1 N–H and O–H groups in total. The molecule has 0 fully saturated rings. The minimum atomic E-state index is -1.01. The average Bonchev–Trinajstić information content (AvgIpc) is 3.04. The fourth-order valence-corrected chi connectivity index (χ4v) is 2.73. The fraction of sp³-hybridized carbons (Fsp3) is 0.211. The number of carbonyl (C=O) groups excluding carboxylic acids is 1. The van der Waals surface area contributed by atoms with Gasteiger partial charge >= 0.3 is 11.7 Å². The Balaban J connectivity index is 2.01. The van der Waals surface area contributed by atoms with Gasteiger partial charge in [0.1, 0.15) is 11.2 Å². The van der Waals surface area contributed by atoms with Crippen molar-refractivity contribution < 1.29 is 18.8 Å². The second-order valence-electron chi connectivity index (χ2n) is 6.22. The minimum absolute atomic E-state index is 0.385. The normalized spacial score (nSPS) is 13.3. The number of nitro groups is 1. The maximum absolute atomic E-state index is 13.9. The molecule has 0 aliphatic carbocycles. The molecule has 0 radical (unpaired) electrons. The summed E-state index contributed by atoms with van der Waals surface area (Å²) in [5, 5.41) is 11.4. The van der Waals surface area contributed by atoms with Gasteiger partial charge in [0.15, 0.2) is 0 Å². The van der Waals surface area contributed by atoms with E-state index in [1.807, 2.05) is 13.0 Å². The quantitative estimate of drug-likeness (QED) is 0.316. The second-order valence-corrected chi connectivity index (χ2v) is 6.22. The third kappa shape index (κ3) is 3.03. The lowest BCUT2D eigenvalue weighted by Crippen LogP contribution is -2.36. The van der Waals surface area contributed by atoms with Crippen LogP contribution in [0.25, 0.3) is 10.9 Å². The number of rotatable bonds is 5. The number of H-pyrrole nitrogens is 1. The number of ether oxygens (including phenoxy) is 1. The van der Waals surface area contributed by atoms with Gasteiger partial charge in [-0.2, -0.15) is 4.39 Å². The number of nitro benzene ring substituents is 1. The zero-order valence-corrected chi connectivity index (χ0v) is 14.3. The Labute approximate surface area is 148 Å². The molecule has 0 spiro atoms. The van der Waals surface area contributed by atoms with E-state index in [2.05, 4.69) is 4.98 Å². The van der Waals surface area contributed by atoms with E-state index in [9.17, 15) is 19.3 Å². The van der Waals surface area contributed by atoms with Crippen molar-refractivity contribution in [3.63, 3.8) is 0 Å². The van der Waals surface area contributed by atoms with Crippen molar-refractivity contribution in [1.82, 2.24) is 4.98 Å². The molecule has 1 unspecified atom stereocenters. The lowest BCUT2D eigenvalue weighted by molar-refractivity contribution is -0.387. The Kier molecular flexibility index (Phi) is 4.46. The molecule has 1 atom stereocenters. The summed E-state index contributed by atoms with van der Waals surface area (Å²) in [5.41, 5.74) is -0.723. The van der Waals surface area contributed by atoms with Crippen LogP contribution >= 0.6 is 0 Å². The number of aromatic nitrogens is 1. The van der Waals surface area contributed by atoms with Gasteiger partial charge in [0.2, 0.25) is 5.82 Å². The van der Waals surface area contributed by atoms with E-state index >= 15 is 0 Å². The molecular formula is C19H17FN2O4. The number of halogens is 1. The van der Waals surface area contributed by atoms with Crippen molar-refractivity contribution in [3.05, 3.63) is 70.2 Å². The number of nitrogens with zero attached hydrogens (tertiary/aromatic N) is 1. The SMILES string of the molecule is CCC(C)(C(=O)Oc1ccccc1)c1cc2cc([N+](=O)[O-])c(F)cc2[nH]1. The molecule has 7 heteroatoms. The first-order chi connectivity index (χ1) is 12.3. The molecule has 0 saturated heterocycles. The van der Waals surface area contributed by atoms with E-state index in [0.717, 1.165) is 12.1 Å². The standard InChI is InChI=1S/C19H17FN2O4/c1-3-19(2,18(23)26-13-7-5-4-6-8-13)17-10-12-9-16(22(24)25)14(20)11-15(12)21-17/h4-11,21H,3H2,1-2H3. The summed E-state index contributed by atoms with van der Waals surface area (Å²) in [6.45, 7) is 3.55. The average molecular weight is 356 g/mol. The summed E-state index contributed by atoms with van der Waals surface area (Å²) in [5.74, 6) is -0.969. The summed E-state index contributed by atoms with van der Waals surface area (Å²) in [7, 11) is 0. The number of aromatic amines is 1. The number of carbonyl (C=O) groups is 1. The minimum Gasteiger partial charge on any atom is -0.426 e. The largest absolute Gasteiger partial charge is 0.426 e. The summed E-state index contributed by atoms with van der Waals surface area (Å²) in [6, 6.07) is 12.5. The van der Waals surface area contributed by atoms with Gasteiger partial charge in [-0.15, -0.1) is 0 Å². The van der Waals surface area contributed by atoms with E-state index in [-0.39, 0.29) is 0 Å². The van der Waals surface area contributed by atoms with Gasteiger partial charge in [0.25, 0.3) is 0 Å². The van der Waals surface area contributed by atoms with Crippen LogP contribution in [0.3, 0.4) is 0 Å².